The minimum absolute atomic E-state index is 0.0746. The zero-order valence-corrected chi connectivity index (χ0v) is 14.0. The molecule has 0 radical (unpaired) electrons. The van der Waals surface area contributed by atoms with Gasteiger partial charge in [-0.05, 0) is 11.5 Å². The number of thiocarbonyl (C=S) groups is 1. The molecule has 21 heavy (non-hydrogen) atoms. The lowest BCUT2D eigenvalue weighted by Gasteiger charge is -2.09. The number of hydrogen-bond acceptors (Lipinski definition) is 4. The van der Waals surface area contributed by atoms with Crippen LogP contribution in [0.2, 0.25) is 0 Å². The summed E-state index contributed by atoms with van der Waals surface area (Å²) in [5.74, 6) is 0.364. The van der Waals surface area contributed by atoms with Crippen molar-refractivity contribution in [3.05, 3.63) is 35.4 Å². The molecule has 0 bridgehead atoms. The maximum absolute atomic E-state index is 11.9. The minimum atomic E-state index is -3.36. The summed E-state index contributed by atoms with van der Waals surface area (Å²) >= 11 is 4.85. The summed E-state index contributed by atoms with van der Waals surface area (Å²) in [5, 5.41) is 0. The molecule has 0 unspecified atom stereocenters. The molecule has 0 aromatic heterocycles. The van der Waals surface area contributed by atoms with Gasteiger partial charge in [-0.1, -0.05) is 50.3 Å². The van der Waals surface area contributed by atoms with Crippen molar-refractivity contribution in [2.45, 2.75) is 19.6 Å². The van der Waals surface area contributed by atoms with E-state index in [9.17, 15) is 8.42 Å². The molecule has 0 aliphatic heterocycles. The fraction of sp³-hybridized carbons (Fsp3) is 0.500. The molecule has 0 fully saturated rings. The standard InChI is InChI=1S/C14H22N2O3S2/c1-11(2)9-19-8-7-16-21(17,18)10-12-3-5-13(6-4-12)14(15)20/h3-6,11,16H,7-10H2,1-2H3,(H2,15,20). The van der Waals surface area contributed by atoms with Crippen molar-refractivity contribution in [1.29, 1.82) is 0 Å². The van der Waals surface area contributed by atoms with Gasteiger partial charge in [-0.15, -0.1) is 0 Å². The van der Waals surface area contributed by atoms with E-state index >= 15 is 0 Å². The van der Waals surface area contributed by atoms with Crippen molar-refractivity contribution in [2.75, 3.05) is 19.8 Å². The summed E-state index contributed by atoms with van der Waals surface area (Å²) < 4.78 is 31.6. The van der Waals surface area contributed by atoms with Crippen molar-refractivity contribution in [2.24, 2.45) is 11.7 Å². The molecule has 0 heterocycles. The largest absolute Gasteiger partial charge is 0.389 e. The Morgan fingerprint density at radius 2 is 1.95 bits per heavy atom. The first kappa shape index (κ1) is 18.0. The maximum atomic E-state index is 11.9. The van der Waals surface area contributed by atoms with Gasteiger partial charge in [-0.3, -0.25) is 0 Å². The van der Waals surface area contributed by atoms with Crippen LogP contribution in [0.15, 0.2) is 24.3 Å². The average Bonchev–Trinajstić information content (AvgIpc) is 2.38. The number of benzene rings is 1. The first-order valence-electron chi connectivity index (χ1n) is 6.74. The van der Waals surface area contributed by atoms with Crippen LogP contribution in [0.1, 0.15) is 25.0 Å². The van der Waals surface area contributed by atoms with Crippen LogP contribution in [0, 0.1) is 5.92 Å². The second kappa shape index (κ2) is 8.43. The number of sulfonamides is 1. The Balaban J connectivity index is 2.43. The van der Waals surface area contributed by atoms with Crippen LogP contribution >= 0.6 is 12.2 Å². The molecule has 1 rings (SSSR count). The second-order valence-corrected chi connectivity index (χ2v) is 7.43. The quantitative estimate of drug-likeness (QED) is 0.528. The summed E-state index contributed by atoms with van der Waals surface area (Å²) in [7, 11) is -3.36. The Bertz CT molecular complexity index is 554. The fourth-order valence-corrected chi connectivity index (χ4v) is 2.89. The van der Waals surface area contributed by atoms with E-state index < -0.39 is 10.0 Å². The lowest BCUT2D eigenvalue weighted by Crippen LogP contribution is -2.29. The predicted molar refractivity (Wildman–Crippen MR) is 88.6 cm³/mol. The van der Waals surface area contributed by atoms with Gasteiger partial charge < -0.3 is 10.5 Å². The zero-order valence-electron chi connectivity index (χ0n) is 12.3. The van der Waals surface area contributed by atoms with Crippen LogP contribution in [0.3, 0.4) is 0 Å². The third-order valence-electron chi connectivity index (χ3n) is 2.61. The lowest BCUT2D eigenvalue weighted by molar-refractivity contribution is 0.114. The van der Waals surface area contributed by atoms with Crippen molar-refractivity contribution >= 4 is 27.2 Å². The van der Waals surface area contributed by atoms with Crippen LogP contribution < -0.4 is 10.5 Å². The number of nitrogens with two attached hydrogens (primary N) is 1. The molecule has 118 valence electrons. The number of ether oxygens (including phenoxy) is 1. The van der Waals surface area contributed by atoms with Gasteiger partial charge in [0.1, 0.15) is 4.99 Å². The first-order chi connectivity index (χ1) is 9.80. The summed E-state index contributed by atoms with van der Waals surface area (Å²) in [4.78, 5) is 0.296. The monoisotopic (exact) mass is 330 g/mol. The number of rotatable bonds is 9. The molecular formula is C14H22N2O3S2. The van der Waals surface area contributed by atoms with E-state index in [2.05, 4.69) is 4.72 Å². The minimum Gasteiger partial charge on any atom is -0.389 e. The molecule has 1 aromatic carbocycles. The van der Waals surface area contributed by atoms with E-state index in [0.29, 0.717) is 29.7 Å². The summed E-state index contributed by atoms with van der Waals surface area (Å²) in [6.45, 7) is 5.36. The van der Waals surface area contributed by atoms with Crippen LogP contribution in [0.4, 0.5) is 0 Å². The highest BCUT2D eigenvalue weighted by Crippen LogP contribution is 2.07. The van der Waals surface area contributed by atoms with Crippen LogP contribution in [-0.2, 0) is 20.5 Å². The van der Waals surface area contributed by atoms with Gasteiger partial charge in [-0.25, -0.2) is 13.1 Å². The van der Waals surface area contributed by atoms with Gasteiger partial charge >= 0.3 is 0 Å². The summed E-state index contributed by atoms with van der Waals surface area (Å²) in [5.41, 5.74) is 6.90. The SMILES string of the molecule is CC(C)COCCNS(=O)(=O)Cc1ccc(C(N)=S)cc1. The molecule has 0 saturated heterocycles. The smallest absolute Gasteiger partial charge is 0.215 e. The lowest BCUT2D eigenvalue weighted by atomic mass is 10.1. The summed E-state index contributed by atoms with van der Waals surface area (Å²) in [6, 6.07) is 6.86. The predicted octanol–water partition coefficient (Wildman–Crippen LogP) is 1.41. The maximum Gasteiger partial charge on any atom is 0.215 e. The topological polar surface area (TPSA) is 81.4 Å². The number of nitrogens with one attached hydrogen (secondary N) is 1. The van der Waals surface area contributed by atoms with Crippen LogP contribution in [0.25, 0.3) is 0 Å². The Morgan fingerprint density at radius 1 is 1.33 bits per heavy atom. The molecule has 0 spiro atoms. The average molecular weight is 330 g/mol. The Kier molecular flexibility index (Phi) is 7.24. The van der Waals surface area contributed by atoms with Gasteiger partial charge in [0.2, 0.25) is 10.0 Å². The first-order valence-corrected chi connectivity index (χ1v) is 8.80. The molecule has 0 aliphatic carbocycles. The Labute approximate surface area is 131 Å². The highest BCUT2D eigenvalue weighted by Gasteiger charge is 2.11. The summed E-state index contributed by atoms with van der Waals surface area (Å²) in [6.07, 6.45) is 0. The van der Waals surface area contributed by atoms with Crippen molar-refractivity contribution in [3.8, 4) is 0 Å². The Morgan fingerprint density at radius 3 is 2.48 bits per heavy atom. The van der Waals surface area contributed by atoms with E-state index in [1.165, 1.54) is 0 Å². The van der Waals surface area contributed by atoms with Gasteiger partial charge in [0, 0.05) is 18.7 Å². The van der Waals surface area contributed by atoms with E-state index in [1.807, 2.05) is 13.8 Å². The molecule has 0 saturated carbocycles. The Hall–Kier alpha value is -1.02. The highest BCUT2D eigenvalue weighted by molar-refractivity contribution is 7.88. The third kappa shape index (κ3) is 7.52. The van der Waals surface area contributed by atoms with Gasteiger partial charge in [0.15, 0.2) is 0 Å². The number of hydrogen-bond donors (Lipinski definition) is 2. The van der Waals surface area contributed by atoms with Crippen molar-refractivity contribution in [1.82, 2.24) is 4.72 Å². The molecule has 3 N–H and O–H groups in total. The molecule has 0 aliphatic rings. The molecule has 7 heteroatoms. The van der Waals surface area contributed by atoms with Gasteiger partial charge in [0.05, 0.1) is 12.4 Å². The fourth-order valence-electron chi connectivity index (χ4n) is 1.62. The molecule has 1 aromatic rings. The second-order valence-electron chi connectivity index (χ2n) is 5.18. The highest BCUT2D eigenvalue weighted by atomic mass is 32.2. The normalized spacial score (nSPS) is 11.8. The van der Waals surface area contributed by atoms with E-state index in [-0.39, 0.29) is 12.3 Å². The van der Waals surface area contributed by atoms with Crippen molar-refractivity contribution in [3.63, 3.8) is 0 Å². The third-order valence-corrected chi connectivity index (χ3v) is 4.21. The zero-order chi connectivity index (χ0) is 15.9. The van der Waals surface area contributed by atoms with E-state index in [0.717, 1.165) is 5.56 Å². The van der Waals surface area contributed by atoms with Gasteiger partial charge in [0.25, 0.3) is 0 Å². The molecule has 5 nitrogen and oxygen atoms in total. The molecule has 0 amide bonds. The molecular weight excluding hydrogens is 308 g/mol. The van der Waals surface area contributed by atoms with E-state index in [4.69, 9.17) is 22.7 Å². The van der Waals surface area contributed by atoms with Crippen LogP contribution in [0.5, 0.6) is 0 Å². The van der Waals surface area contributed by atoms with E-state index in [1.54, 1.807) is 24.3 Å². The van der Waals surface area contributed by atoms with Gasteiger partial charge in [-0.2, -0.15) is 0 Å². The van der Waals surface area contributed by atoms with Crippen molar-refractivity contribution < 1.29 is 13.2 Å². The van der Waals surface area contributed by atoms with Crippen LogP contribution in [-0.4, -0.2) is 33.2 Å². The molecule has 0 atom stereocenters.